The molecule has 2 N–H and O–H groups in total. The van der Waals surface area contributed by atoms with Gasteiger partial charge >= 0.3 is 0 Å². The lowest BCUT2D eigenvalue weighted by atomic mass is 9.98. The number of nitrogens with two attached hydrogens (primary N) is 1. The molecule has 1 fully saturated rings. The van der Waals surface area contributed by atoms with Crippen LogP contribution < -0.4 is 5.73 Å². The molecule has 0 radical (unpaired) electrons. The third-order valence-corrected chi connectivity index (χ3v) is 4.22. The molecule has 2 nitrogen and oxygen atoms in total. The van der Waals surface area contributed by atoms with Gasteiger partial charge in [-0.25, -0.2) is 0 Å². The van der Waals surface area contributed by atoms with Crippen molar-refractivity contribution in [3.63, 3.8) is 0 Å². The molecule has 1 aliphatic heterocycles. The van der Waals surface area contributed by atoms with Crippen molar-refractivity contribution in [1.82, 2.24) is 4.90 Å². The van der Waals surface area contributed by atoms with Gasteiger partial charge < -0.3 is 10.6 Å². The molecule has 1 aromatic rings. The van der Waals surface area contributed by atoms with Crippen molar-refractivity contribution in [2.75, 3.05) is 26.2 Å². The maximum Gasteiger partial charge on any atom is 0.0628 e. The number of halogens is 2. The van der Waals surface area contributed by atoms with Crippen LogP contribution in [-0.4, -0.2) is 31.1 Å². The second-order valence-corrected chi connectivity index (χ2v) is 5.37. The van der Waals surface area contributed by atoms with Crippen molar-refractivity contribution in [1.29, 1.82) is 0 Å². The summed E-state index contributed by atoms with van der Waals surface area (Å²) < 4.78 is 0. The molecule has 1 heterocycles. The summed E-state index contributed by atoms with van der Waals surface area (Å²) in [6, 6.07) is 5.79. The van der Waals surface area contributed by atoms with E-state index in [1.54, 1.807) is 0 Å². The third-order valence-electron chi connectivity index (χ3n) is 3.38. The Morgan fingerprint density at radius 3 is 2.59 bits per heavy atom. The minimum atomic E-state index is 0.277. The molecule has 0 aliphatic carbocycles. The first kappa shape index (κ1) is 13.2. The fourth-order valence-electron chi connectivity index (χ4n) is 2.41. The Hall–Kier alpha value is -0.280. The lowest BCUT2D eigenvalue weighted by molar-refractivity contribution is 0.315. The zero-order valence-corrected chi connectivity index (χ0v) is 11.3. The largest absolute Gasteiger partial charge is 0.330 e. The van der Waals surface area contributed by atoms with Gasteiger partial charge in [-0.15, -0.1) is 0 Å². The van der Waals surface area contributed by atoms with Gasteiger partial charge in [0.1, 0.15) is 0 Å². The van der Waals surface area contributed by atoms with Crippen molar-refractivity contribution in [3.8, 4) is 0 Å². The Kier molecular flexibility index (Phi) is 4.69. The summed E-state index contributed by atoms with van der Waals surface area (Å²) in [5.41, 5.74) is 6.95. The van der Waals surface area contributed by atoms with Crippen molar-refractivity contribution < 1.29 is 0 Å². The molecule has 0 bridgehead atoms. The number of likely N-dealkylation sites (tertiary alicyclic amines) is 1. The Bertz CT molecular complexity index is 376. The molecule has 0 amide bonds. The Balaban J connectivity index is 2.13. The number of hydrogen-bond acceptors (Lipinski definition) is 2. The second kappa shape index (κ2) is 6.05. The maximum absolute atomic E-state index is 6.25. The van der Waals surface area contributed by atoms with E-state index in [0.29, 0.717) is 16.6 Å². The maximum atomic E-state index is 6.25. The van der Waals surface area contributed by atoms with E-state index in [9.17, 15) is 0 Å². The van der Waals surface area contributed by atoms with Crippen LogP contribution in [0.4, 0.5) is 0 Å². The summed E-state index contributed by atoms with van der Waals surface area (Å²) in [6.07, 6.45) is 2.58. The lowest BCUT2D eigenvalue weighted by Gasteiger charge is -2.23. The third kappa shape index (κ3) is 3.14. The van der Waals surface area contributed by atoms with Crippen LogP contribution in [0.1, 0.15) is 24.3 Å². The summed E-state index contributed by atoms with van der Waals surface area (Å²) >= 11 is 12.3. The van der Waals surface area contributed by atoms with Crippen LogP contribution in [0, 0.1) is 0 Å². The molecule has 1 saturated heterocycles. The minimum absolute atomic E-state index is 0.277. The van der Waals surface area contributed by atoms with Crippen LogP contribution in [-0.2, 0) is 0 Å². The van der Waals surface area contributed by atoms with Crippen LogP contribution in [0.2, 0.25) is 10.0 Å². The molecule has 1 unspecified atom stereocenters. The van der Waals surface area contributed by atoms with Crippen molar-refractivity contribution in [3.05, 3.63) is 33.8 Å². The average molecular weight is 273 g/mol. The molecule has 4 heteroatoms. The van der Waals surface area contributed by atoms with Crippen molar-refractivity contribution >= 4 is 23.2 Å². The van der Waals surface area contributed by atoms with Crippen LogP contribution >= 0.6 is 23.2 Å². The molecule has 0 spiro atoms. The summed E-state index contributed by atoms with van der Waals surface area (Å²) in [5.74, 6) is 0.277. The number of nitrogens with zero attached hydrogens (tertiary/aromatic N) is 1. The van der Waals surface area contributed by atoms with Crippen LogP contribution in [0.15, 0.2) is 18.2 Å². The molecule has 0 aromatic heterocycles. The molecular formula is C13H18Cl2N2. The normalized spacial score (nSPS) is 18.5. The van der Waals surface area contributed by atoms with Gasteiger partial charge in [0, 0.05) is 19.0 Å². The highest BCUT2D eigenvalue weighted by atomic mass is 35.5. The molecule has 1 aromatic carbocycles. The highest BCUT2D eigenvalue weighted by Crippen LogP contribution is 2.31. The Morgan fingerprint density at radius 2 is 1.94 bits per heavy atom. The van der Waals surface area contributed by atoms with Gasteiger partial charge in [0.25, 0.3) is 0 Å². The van der Waals surface area contributed by atoms with E-state index in [2.05, 4.69) is 4.90 Å². The van der Waals surface area contributed by atoms with Gasteiger partial charge in [0.15, 0.2) is 0 Å². The van der Waals surface area contributed by atoms with Gasteiger partial charge in [0.05, 0.1) is 10.0 Å². The van der Waals surface area contributed by atoms with Gasteiger partial charge in [0.2, 0.25) is 0 Å². The zero-order valence-electron chi connectivity index (χ0n) is 9.83. The molecular weight excluding hydrogens is 255 g/mol. The molecule has 1 aliphatic rings. The van der Waals surface area contributed by atoms with Crippen LogP contribution in [0.25, 0.3) is 0 Å². The van der Waals surface area contributed by atoms with E-state index in [1.807, 2.05) is 18.2 Å². The van der Waals surface area contributed by atoms with Crippen LogP contribution in [0.5, 0.6) is 0 Å². The molecule has 2 rings (SSSR count). The summed E-state index contributed by atoms with van der Waals surface area (Å²) in [7, 11) is 0. The van der Waals surface area contributed by atoms with Crippen molar-refractivity contribution in [2.45, 2.75) is 18.8 Å². The highest BCUT2D eigenvalue weighted by molar-refractivity contribution is 6.42. The van der Waals surface area contributed by atoms with E-state index in [4.69, 9.17) is 28.9 Å². The summed E-state index contributed by atoms with van der Waals surface area (Å²) in [5, 5.41) is 1.27. The molecule has 0 saturated carbocycles. The first-order valence-corrected chi connectivity index (χ1v) is 6.84. The van der Waals surface area contributed by atoms with Gasteiger partial charge in [-0.1, -0.05) is 35.3 Å². The van der Waals surface area contributed by atoms with E-state index in [0.717, 1.165) is 12.1 Å². The number of rotatable bonds is 4. The van der Waals surface area contributed by atoms with Crippen molar-refractivity contribution in [2.24, 2.45) is 5.73 Å². The first-order valence-electron chi connectivity index (χ1n) is 6.08. The van der Waals surface area contributed by atoms with E-state index < -0.39 is 0 Å². The number of hydrogen-bond donors (Lipinski definition) is 1. The van der Waals surface area contributed by atoms with Gasteiger partial charge in [-0.2, -0.15) is 0 Å². The fourth-order valence-corrected chi connectivity index (χ4v) is 2.87. The SMILES string of the molecule is NCC(CN1CCCC1)c1cccc(Cl)c1Cl. The minimum Gasteiger partial charge on any atom is -0.330 e. The average Bonchev–Trinajstić information content (AvgIpc) is 2.83. The predicted octanol–water partition coefficient (Wildman–Crippen LogP) is 3.13. The summed E-state index contributed by atoms with van der Waals surface area (Å²) in [4.78, 5) is 2.45. The van der Waals surface area contributed by atoms with Gasteiger partial charge in [-0.3, -0.25) is 0 Å². The first-order chi connectivity index (χ1) is 8.22. The molecule has 17 heavy (non-hydrogen) atoms. The highest BCUT2D eigenvalue weighted by Gasteiger charge is 2.20. The number of benzene rings is 1. The smallest absolute Gasteiger partial charge is 0.0628 e. The summed E-state index contributed by atoms with van der Waals surface area (Å²) in [6.45, 7) is 3.94. The monoisotopic (exact) mass is 272 g/mol. The van der Waals surface area contributed by atoms with Gasteiger partial charge in [-0.05, 0) is 37.6 Å². The van der Waals surface area contributed by atoms with E-state index >= 15 is 0 Å². The fraction of sp³-hybridized carbons (Fsp3) is 0.538. The van der Waals surface area contributed by atoms with E-state index in [1.165, 1.54) is 25.9 Å². The Morgan fingerprint density at radius 1 is 1.24 bits per heavy atom. The Labute approximate surface area is 113 Å². The standard InChI is InChI=1S/C13H18Cl2N2/c14-12-5-3-4-11(13(12)15)10(8-16)9-17-6-1-2-7-17/h3-5,10H,1-2,6-9,16H2. The predicted molar refractivity (Wildman–Crippen MR) is 73.9 cm³/mol. The van der Waals surface area contributed by atoms with E-state index in [-0.39, 0.29) is 5.92 Å². The lowest BCUT2D eigenvalue weighted by Crippen LogP contribution is -2.29. The molecule has 94 valence electrons. The molecule has 1 atom stereocenters. The second-order valence-electron chi connectivity index (χ2n) is 4.58. The van der Waals surface area contributed by atoms with Crippen LogP contribution in [0.3, 0.4) is 0 Å². The topological polar surface area (TPSA) is 29.3 Å². The zero-order chi connectivity index (χ0) is 12.3. The quantitative estimate of drug-likeness (QED) is 0.913.